The van der Waals surface area contributed by atoms with Crippen LogP contribution in [0.4, 0.5) is 5.69 Å². The largest absolute Gasteiger partial charge is 0.322 e. The molecule has 1 aromatic carbocycles. The van der Waals surface area contributed by atoms with Crippen LogP contribution in [0.1, 0.15) is 29.3 Å². The second-order valence-corrected chi connectivity index (χ2v) is 9.18. The van der Waals surface area contributed by atoms with Crippen molar-refractivity contribution in [1.82, 2.24) is 9.55 Å². The number of carbonyl (C=O) groups is 1. The highest BCUT2D eigenvalue weighted by atomic mass is 35.5. The van der Waals surface area contributed by atoms with Crippen LogP contribution < -0.4 is 10.9 Å². The predicted octanol–water partition coefficient (Wildman–Crippen LogP) is 4.84. The number of amides is 1. The maximum absolute atomic E-state index is 13.0. The number of halogens is 2. The number of fused-ring (bicyclic) bond motifs is 3. The number of rotatable bonds is 3. The average Bonchev–Trinajstić information content (AvgIpc) is 3.02. The Morgan fingerprint density at radius 3 is 2.96 bits per heavy atom. The van der Waals surface area contributed by atoms with Gasteiger partial charge in [-0.1, -0.05) is 36.2 Å². The smallest absolute Gasteiger partial charge is 0.262 e. The Morgan fingerprint density at radius 1 is 1.39 bits per heavy atom. The van der Waals surface area contributed by atoms with Crippen LogP contribution in [-0.4, -0.2) is 15.5 Å². The molecule has 4 rings (SSSR count). The zero-order chi connectivity index (χ0) is 20.0. The minimum absolute atomic E-state index is 0.149. The molecule has 0 saturated heterocycles. The minimum Gasteiger partial charge on any atom is -0.322 e. The summed E-state index contributed by atoms with van der Waals surface area (Å²) in [6, 6.07) is 3.46. The van der Waals surface area contributed by atoms with Crippen molar-refractivity contribution in [3.8, 4) is 0 Å². The number of carbonyl (C=O) groups excluding carboxylic acids is 1. The topological polar surface area (TPSA) is 64.0 Å². The van der Waals surface area contributed by atoms with Crippen molar-refractivity contribution in [1.29, 1.82) is 0 Å². The van der Waals surface area contributed by atoms with Crippen LogP contribution >= 0.6 is 34.5 Å². The summed E-state index contributed by atoms with van der Waals surface area (Å²) < 4.78 is 1.35. The maximum atomic E-state index is 13.0. The number of thiophene rings is 1. The van der Waals surface area contributed by atoms with E-state index in [2.05, 4.69) is 17.2 Å². The summed E-state index contributed by atoms with van der Waals surface area (Å²) in [5, 5.41) is 4.12. The van der Waals surface area contributed by atoms with Crippen molar-refractivity contribution in [2.75, 3.05) is 5.32 Å². The fraction of sp³-hybridized carbons (Fsp3) is 0.350. The molecule has 2 heterocycles. The number of hydrogen-bond donors (Lipinski definition) is 1. The third-order valence-electron chi connectivity index (χ3n) is 5.14. The molecule has 28 heavy (non-hydrogen) atoms. The van der Waals surface area contributed by atoms with Crippen molar-refractivity contribution in [2.45, 2.75) is 39.7 Å². The Hall–Kier alpha value is -1.89. The summed E-state index contributed by atoms with van der Waals surface area (Å²) in [4.78, 5) is 32.0. The monoisotopic (exact) mass is 435 g/mol. The number of nitrogens with one attached hydrogen (secondary N) is 1. The van der Waals surface area contributed by atoms with Gasteiger partial charge in [0.2, 0.25) is 5.91 Å². The van der Waals surface area contributed by atoms with Crippen LogP contribution in [0.2, 0.25) is 10.0 Å². The molecule has 1 N–H and O–H groups in total. The van der Waals surface area contributed by atoms with E-state index in [0.29, 0.717) is 27.0 Å². The fourth-order valence-electron chi connectivity index (χ4n) is 3.58. The van der Waals surface area contributed by atoms with E-state index in [1.807, 2.05) is 6.92 Å². The molecule has 1 aliphatic carbocycles. The summed E-state index contributed by atoms with van der Waals surface area (Å²) in [6.07, 6.45) is 4.38. The number of nitrogens with zero attached hydrogens (tertiary/aromatic N) is 2. The van der Waals surface area contributed by atoms with Crippen LogP contribution in [0.5, 0.6) is 0 Å². The van der Waals surface area contributed by atoms with Gasteiger partial charge in [0.1, 0.15) is 11.4 Å². The first-order valence-electron chi connectivity index (χ1n) is 9.09. The zero-order valence-corrected chi connectivity index (χ0v) is 17.8. The number of anilines is 1. The standard InChI is InChI=1S/C20H19Cl2N3O2S/c1-10-3-5-12-14(7-10)28-19-16(12)20(27)25(9-23-19)8-15(26)24-18-13(21)6-4-11(2)17(18)22/h4,6,9-10H,3,5,7-8H2,1-2H3,(H,24,26)/t10-/m1/s1. The van der Waals surface area contributed by atoms with Crippen LogP contribution in [0.3, 0.4) is 0 Å². The third kappa shape index (κ3) is 3.45. The molecule has 2 aromatic heterocycles. The van der Waals surface area contributed by atoms with Gasteiger partial charge in [-0.25, -0.2) is 4.98 Å². The van der Waals surface area contributed by atoms with Gasteiger partial charge in [-0.2, -0.15) is 0 Å². The van der Waals surface area contributed by atoms with Crippen molar-refractivity contribution >= 4 is 56.3 Å². The van der Waals surface area contributed by atoms with Crippen LogP contribution in [0.15, 0.2) is 23.3 Å². The second kappa shape index (κ2) is 7.50. The van der Waals surface area contributed by atoms with Crippen LogP contribution in [0.25, 0.3) is 10.2 Å². The molecule has 146 valence electrons. The molecule has 1 atom stereocenters. The highest BCUT2D eigenvalue weighted by molar-refractivity contribution is 7.18. The summed E-state index contributed by atoms with van der Waals surface area (Å²) in [5.41, 5.74) is 2.10. The molecule has 8 heteroatoms. The lowest BCUT2D eigenvalue weighted by molar-refractivity contribution is -0.116. The fourth-order valence-corrected chi connectivity index (χ4v) is 5.39. The first-order valence-corrected chi connectivity index (χ1v) is 10.7. The summed E-state index contributed by atoms with van der Waals surface area (Å²) in [5.74, 6) is 0.243. The maximum Gasteiger partial charge on any atom is 0.262 e. The predicted molar refractivity (Wildman–Crippen MR) is 115 cm³/mol. The number of aromatic nitrogens is 2. The van der Waals surface area contributed by atoms with E-state index in [4.69, 9.17) is 23.2 Å². The molecule has 0 unspecified atom stereocenters. The summed E-state index contributed by atoms with van der Waals surface area (Å²) in [7, 11) is 0. The van der Waals surface area contributed by atoms with Crippen molar-refractivity contribution in [3.05, 3.63) is 54.9 Å². The third-order valence-corrected chi connectivity index (χ3v) is 7.11. The lowest BCUT2D eigenvalue weighted by atomic mass is 9.89. The van der Waals surface area contributed by atoms with Gasteiger partial charge in [-0.3, -0.25) is 14.2 Å². The molecule has 1 aliphatic rings. The van der Waals surface area contributed by atoms with Gasteiger partial charge < -0.3 is 5.32 Å². The summed E-state index contributed by atoms with van der Waals surface area (Å²) in [6.45, 7) is 3.91. The quantitative estimate of drug-likeness (QED) is 0.639. The zero-order valence-electron chi connectivity index (χ0n) is 15.5. The SMILES string of the molecule is Cc1ccc(Cl)c(NC(=O)Cn2cnc3sc4c(c3c2=O)CC[C@@H](C)C4)c1Cl. The van der Waals surface area contributed by atoms with E-state index in [-0.39, 0.29) is 18.0 Å². The molecule has 0 aliphatic heterocycles. The van der Waals surface area contributed by atoms with Crippen molar-refractivity contribution in [2.24, 2.45) is 5.92 Å². The average molecular weight is 436 g/mol. The molecule has 0 fully saturated rings. The van der Waals surface area contributed by atoms with E-state index in [0.717, 1.165) is 35.2 Å². The van der Waals surface area contributed by atoms with Gasteiger partial charge in [0.05, 0.1) is 27.4 Å². The van der Waals surface area contributed by atoms with E-state index in [9.17, 15) is 9.59 Å². The Labute approximate surface area is 176 Å². The first kappa shape index (κ1) is 19.4. The summed E-state index contributed by atoms with van der Waals surface area (Å²) >= 11 is 14.0. The second-order valence-electron chi connectivity index (χ2n) is 7.31. The normalized spacial score (nSPS) is 16.2. The lowest BCUT2D eigenvalue weighted by Crippen LogP contribution is -2.28. The van der Waals surface area contributed by atoms with Crippen LogP contribution in [0, 0.1) is 12.8 Å². The van der Waals surface area contributed by atoms with E-state index in [1.54, 1.807) is 23.5 Å². The van der Waals surface area contributed by atoms with Gasteiger partial charge in [0.15, 0.2) is 0 Å². The van der Waals surface area contributed by atoms with E-state index in [1.165, 1.54) is 15.8 Å². The molecule has 1 amide bonds. The molecular weight excluding hydrogens is 417 g/mol. The Morgan fingerprint density at radius 2 is 2.18 bits per heavy atom. The number of benzene rings is 1. The van der Waals surface area contributed by atoms with Gasteiger partial charge in [0.25, 0.3) is 5.56 Å². The molecule has 3 aromatic rings. The molecule has 5 nitrogen and oxygen atoms in total. The number of aryl methyl sites for hydroxylation is 2. The van der Waals surface area contributed by atoms with Gasteiger partial charge >= 0.3 is 0 Å². The van der Waals surface area contributed by atoms with Crippen molar-refractivity contribution in [3.63, 3.8) is 0 Å². The lowest BCUT2D eigenvalue weighted by Gasteiger charge is -2.17. The molecule has 0 saturated carbocycles. The van der Waals surface area contributed by atoms with Crippen LogP contribution in [-0.2, 0) is 24.2 Å². The first-order chi connectivity index (χ1) is 13.3. The van der Waals surface area contributed by atoms with Gasteiger partial charge in [-0.15, -0.1) is 11.3 Å². The Kier molecular flexibility index (Phi) is 5.21. The molecule has 0 spiro atoms. The highest BCUT2D eigenvalue weighted by Gasteiger charge is 2.23. The van der Waals surface area contributed by atoms with E-state index < -0.39 is 0 Å². The molecule has 0 bridgehead atoms. The highest BCUT2D eigenvalue weighted by Crippen LogP contribution is 2.35. The molecule has 0 radical (unpaired) electrons. The minimum atomic E-state index is -0.379. The number of hydrogen-bond acceptors (Lipinski definition) is 4. The molecular formula is C20H19Cl2N3O2S. The Balaban J connectivity index is 1.64. The van der Waals surface area contributed by atoms with Gasteiger partial charge in [-0.05, 0) is 49.3 Å². The van der Waals surface area contributed by atoms with Gasteiger partial charge in [0, 0.05) is 4.88 Å². The van der Waals surface area contributed by atoms with E-state index >= 15 is 0 Å². The van der Waals surface area contributed by atoms with Crippen molar-refractivity contribution < 1.29 is 4.79 Å². The Bertz CT molecular complexity index is 1150.